The number of nitrogens with one attached hydrogen (secondary N) is 1. The molecule has 1 amide bonds. The molecule has 2 aromatic rings. The third-order valence-corrected chi connectivity index (χ3v) is 4.92. The van der Waals surface area contributed by atoms with Crippen LogP contribution in [-0.4, -0.2) is 29.2 Å². The molecule has 0 unspecified atom stereocenters. The Hall–Kier alpha value is -2.94. The van der Waals surface area contributed by atoms with Crippen molar-refractivity contribution in [1.82, 2.24) is 0 Å². The van der Waals surface area contributed by atoms with E-state index in [0.717, 1.165) is 18.2 Å². The van der Waals surface area contributed by atoms with Crippen molar-refractivity contribution in [3.63, 3.8) is 0 Å². The van der Waals surface area contributed by atoms with Crippen molar-refractivity contribution >= 4 is 35.0 Å². The van der Waals surface area contributed by atoms with Crippen molar-refractivity contribution in [2.45, 2.75) is 25.2 Å². The molecule has 0 fully saturated rings. The molecule has 2 aromatic carbocycles. The number of ether oxygens (including phenoxy) is 1. The number of hydrogen-bond acceptors (Lipinski definition) is 6. The summed E-state index contributed by atoms with van der Waals surface area (Å²) < 4.78 is 18.4. The number of benzene rings is 2. The molecule has 0 aromatic heterocycles. The molecular formula is C20H21FN2O5S. The summed E-state index contributed by atoms with van der Waals surface area (Å²) in [5.74, 6) is -1.02. The number of carbonyl (C=O) groups is 2. The molecular weight excluding hydrogens is 399 g/mol. The molecule has 0 spiro atoms. The third-order valence-electron chi connectivity index (χ3n) is 3.83. The lowest BCUT2D eigenvalue weighted by atomic mass is 10.2. The van der Waals surface area contributed by atoms with Crippen LogP contribution in [0.4, 0.5) is 15.8 Å². The lowest BCUT2D eigenvalue weighted by molar-refractivity contribution is -0.387. The van der Waals surface area contributed by atoms with Crippen LogP contribution in [0.15, 0.2) is 47.4 Å². The Morgan fingerprint density at radius 3 is 2.62 bits per heavy atom. The highest BCUT2D eigenvalue weighted by Gasteiger charge is 2.19. The number of halogens is 1. The van der Waals surface area contributed by atoms with Gasteiger partial charge in [0.25, 0.3) is 11.6 Å². The van der Waals surface area contributed by atoms with Gasteiger partial charge < -0.3 is 10.1 Å². The van der Waals surface area contributed by atoms with E-state index in [9.17, 15) is 24.1 Å². The molecule has 0 saturated heterocycles. The van der Waals surface area contributed by atoms with Gasteiger partial charge in [0, 0.05) is 6.07 Å². The Balaban J connectivity index is 1.99. The van der Waals surface area contributed by atoms with Crippen LogP contribution in [0.25, 0.3) is 0 Å². The number of hydrogen-bond donors (Lipinski definition) is 1. The van der Waals surface area contributed by atoms with E-state index in [4.69, 9.17) is 4.74 Å². The molecule has 9 heteroatoms. The number of para-hydroxylation sites is 1. The van der Waals surface area contributed by atoms with Crippen LogP contribution in [0, 0.1) is 21.8 Å². The lowest BCUT2D eigenvalue weighted by Gasteiger charge is -2.09. The molecule has 1 N–H and O–H groups in total. The first-order valence-corrected chi connectivity index (χ1v) is 9.89. The summed E-state index contributed by atoms with van der Waals surface area (Å²) in [6.45, 7) is 3.48. The summed E-state index contributed by atoms with van der Waals surface area (Å²) in [7, 11) is 0. The molecule has 0 radical (unpaired) electrons. The molecule has 0 heterocycles. The van der Waals surface area contributed by atoms with Crippen molar-refractivity contribution < 1.29 is 23.6 Å². The minimum absolute atomic E-state index is 0.0352. The maximum absolute atomic E-state index is 13.5. The van der Waals surface area contributed by atoms with Gasteiger partial charge in [-0.3, -0.25) is 14.9 Å². The van der Waals surface area contributed by atoms with Crippen LogP contribution >= 0.6 is 11.8 Å². The van der Waals surface area contributed by atoms with Crippen LogP contribution in [0.5, 0.6) is 0 Å². The van der Waals surface area contributed by atoms with Crippen molar-refractivity contribution in [2.75, 3.05) is 17.7 Å². The Morgan fingerprint density at radius 1 is 1.24 bits per heavy atom. The summed E-state index contributed by atoms with van der Waals surface area (Å²) >= 11 is 1.35. The Kier molecular flexibility index (Phi) is 8.14. The van der Waals surface area contributed by atoms with Gasteiger partial charge in [0.15, 0.2) is 6.61 Å². The average Bonchev–Trinajstić information content (AvgIpc) is 2.67. The van der Waals surface area contributed by atoms with E-state index in [-0.39, 0.29) is 16.9 Å². The zero-order chi connectivity index (χ0) is 21.4. The van der Waals surface area contributed by atoms with Gasteiger partial charge in [-0.25, -0.2) is 9.18 Å². The monoisotopic (exact) mass is 420 g/mol. The van der Waals surface area contributed by atoms with Crippen molar-refractivity contribution in [3.8, 4) is 0 Å². The fourth-order valence-electron chi connectivity index (χ4n) is 2.28. The molecule has 0 bridgehead atoms. The molecule has 0 atom stereocenters. The Morgan fingerprint density at radius 2 is 1.97 bits per heavy atom. The van der Waals surface area contributed by atoms with Crippen molar-refractivity contribution in [2.24, 2.45) is 5.92 Å². The largest absolute Gasteiger partial charge is 0.452 e. The highest BCUT2D eigenvalue weighted by molar-refractivity contribution is 7.99. The van der Waals surface area contributed by atoms with Gasteiger partial charge >= 0.3 is 5.97 Å². The van der Waals surface area contributed by atoms with Gasteiger partial charge in [0.1, 0.15) is 5.82 Å². The highest BCUT2D eigenvalue weighted by Crippen LogP contribution is 2.31. The number of rotatable bonds is 9. The second-order valence-electron chi connectivity index (χ2n) is 6.57. The average molecular weight is 420 g/mol. The smallest absolute Gasteiger partial charge is 0.338 e. The number of thioether (sulfide) groups is 1. The van der Waals surface area contributed by atoms with E-state index in [1.165, 1.54) is 42.1 Å². The zero-order valence-corrected chi connectivity index (χ0v) is 16.8. The summed E-state index contributed by atoms with van der Waals surface area (Å²) in [6, 6.07) is 9.62. The van der Waals surface area contributed by atoms with Crippen LogP contribution in [-0.2, 0) is 9.53 Å². The number of esters is 1. The van der Waals surface area contributed by atoms with E-state index in [0.29, 0.717) is 10.8 Å². The number of amides is 1. The molecule has 0 aliphatic heterocycles. The standard InChI is InChI=1S/C20H21FN2O5S/c1-13(2)9-10-29-18-8-7-14(11-17(18)23(26)27)20(25)28-12-19(24)22-16-6-4-3-5-15(16)21/h3-8,11,13H,9-10,12H2,1-2H3,(H,22,24). The fourth-order valence-corrected chi connectivity index (χ4v) is 3.53. The second-order valence-corrected chi connectivity index (χ2v) is 7.71. The number of nitro benzene ring substituents is 1. The van der Waals surface area contributed by atoms with Gasteiger partial charge in [-0.2, -0.15) is 0 Å². The third kappa shape index (κ3) is 6.86. The van der Waals surface area contributed by atoms with Gasteiger partial charge in [-0.15, -0.1) is 11.8 Å². The maximum atomic E-state index is 13.5. The fraction of sp³-hybridized carbons (Fsp3) is 0.300. The molecule has 0 aliphatic rings. The van der Waals surface area contributed by atoms with Crippen LogP contribution in [0.1, 0.15) is 30.6 Å². The molecule has 0 saturated carbocycles. The quantitative estimate of drug-likeness (QED) is 0.274. The highest BCUT2D eigenvalue weighted by atomic mass is 32.2. The first kappa shape index (κ1) is 22.4. The summed E-state index contributed by atoms with van der Waals surface area (Å²) in [4.78, 5) is 35.2. The van der Waals surface area contributed by atoms with Gasteiger partial charge in [-0.05, 0) is 42.4 Å². The Bertz CT molecular complexity index is 904. The maximum Gasteiger partial charge on any atom is 0.338 e. The summed E-state index contributed by atoms with van der Waals surface area (Å²) in [5.41, 5.74) is -0.264. The first-order chi connectivity index (χ1) is 13.8. The van der Waals surface area contributed by atoms with Crippen molar-refractivity contribution in [1.29, 1.82) is 0 Å². The predicted molar refractivity (Wildman–Crippen MR) is 109 cm³/mol. The lowest BCUT2D eigenvalue weighted by Crippen LogP contribution is -2.21. The van der Waals surface area contributed by atoms with E-state index in [1.807, 2.05) is 0 Å². The normalized spacial score (nSPS) is 10.6. The minimum Gasteiger partial charge on any atom is -0.452 e. The molecule has 2 rings (SSSR count). The zero-order valence-electron chi connectivity index (χ0n) is 16.0. The minimum atomic E-state index is -0.879. The molecule has 29 heavy (non-hydrogen) atoms. The first-order valence-electron chi connectivity index (χ1n) is 8.90. The van der Waals surface area contributed by atoms with E-state index in [1.54, 1.807) is 6.07 Å². The predicted octanol–water partition coefficient (Wildman–Crippen LogP) is 4.67. The van der Waals surface area contributed by atoms with E-state index in [2.05, 4.69) is 19.2 Å². The number of nitro groups is 1. The van der Waals surface area contributed by atoms with Crippen LogP contribution in [0.2, 0.25) is 0 Å². The molecule has 0 aliphatic carbocycles. The molecule has 7 nitrogen and oxygen atoms in total. The van der Waals surface area contributed by atoms with Crippen molar-refractivity contribution in [3.05, 3.63) is 64.0 Å². The Labute approximate surface area is 171 Å². The number of nitrogens with zero attached hydrogens (tertiary/aromatic N) is 1. The number of anilines is 1. The van der Waals surface area contributed by atoms with Crippen LogP contribution < -0.4 is 5.32 Å². The number of carbonyl (C=O) groups excluding carboxylic acids is 2. The van der Waals surface area contributed by atoms with E-state index < -0.39 is 29.2 Å². The van der Waals surface area contributed by atoms with Crippen LogP contribution in [0.3, 0.4) is 0 Å². The second kappa shape index (κ2) is 10.6. The van der Waals surface area contributed by atoms with E-state index >= 15 is 0 Å². The van der Waals surface area contributed by atoms with Gasteiger partial charge in [0.2, 0.25) is 0 Å². The summed E-state index contributed by atoms with van der Waals surface area (Å²) in [6.07, 6.45) is 0.905. The summed E-state index contributed by atoms with van der Waals surface area (Å²) in [5, 5.41) is 13.6. The SMILES string of the molecule is CC(C)CCSc1ccc(C(=O)OCC(=O)Nc2ccccc2F)cc1[N+](=O)[O-]. The van der Waals surface area contributed by atoms with Gasteiger partial charge in [-0.1, -0.05) is 26.0 Å². The van der Waals surface area contributed by atoms with Gasteiger partial charge in [0.05, 0.1) is 21.1 Å². The molecule has 154 valence electrons. The topological polar surface area (TPSA) is 98.5 Å².